The van der Waals surface area contributed by atoms with Crippen molar-refractivity contribution < 1.29 is 14.3 Å². The van der Waals surface area contributed by atoms with E-state index in [-0.39, 0.29) is 24.5 Å². The van der Waals surface area contributed by atoms with Gasteiger partial charge in [-0.2, -0.15) is 0 Å². The maximum Gasteiger partial charge on any atom is 0.242 e. The molecule has 122 valence electrons. The Hall–Kier alpha value is -1.93. The number of carbonyl (C=O) groups excluding carboxylic acids is 2. The summed E-state index contributed by atoms with van der Waals surface area (Å²) in [6.45, 7) is 3.61. The van der Waals surface area contributed by atoms with Crippen LogP contribution in [0.5, 0.6) is 0 Å². The van der Waals surface area contributed by atoms with E-state index < -0.39 is 0 Å². The van der Waals surface area contributed by atoms with Gasteiger partial charge in [0.25, 0.3) is 0 Å². The van der Waals surface area contributed by atoms with Crippen molar-refractivity contribution in [3.05, 3.63) is 17.7 Å². The molecule has 1 aliphatic rings. The first-order chi connectivity index (χ1) is 10.5. The van der Waals surface area contributed by atoms with Gasteiger partial charge in [-0.15, -0.1) is 0 Å². The first-order valence-electron chi connectivity index (χ1n) is 7.28. The van der Waals surface area contributed by atoms with E-state index in [0.717, 1.165) is 18.1 Å². The summed E-state index contributed by atoms with van der Waals surface area (Å²) in [4.78, 5) is 34.3. The van der Waals surface area contributed by atoms with Crippen molar-refractivity contribution in [2.75, 3.05) is 40.3 Å². The standard InChI is InChI=1S/C14H23N5O3/c1-10(20)15-7-13(21)19-4-5-22-12(9-19)14-16-6-11(17-14)8-18(2)3/h6,12H,4-5,7-9H2,1-3H3,(H,15,20)(H,16,17)/t12-/m0/s1. The number of rotatable bonds is 5. The van der Waals surface area contributed by atoms with Gasteiger partial charge in [0.15, 0.2) is 0 Å². The van der Waals surface area contributed by atoms with Gasteiger partial charge < -0.3 is 24.8 Å². The van der Waals surface area contributed by atoms with E-state index in [1.165, 1.54) is 6.92 Å². The maximum atomic E-state index is 12.0. The number of hydrogen-bond acceptors (Lipinski definition) is 5. The Morgan fingerprint density at radius 1 is 1.55 bits per heavy atom. The molecular formula is C14H23N5O3. The van der Waals surface area contributed by atoms with E-state index in [4.69, 9.17) is 4.74 Å². The SMILES string of the molecule is CC(=O)NCC(=O)N1CCO[C@H](c2ncc(CN(C)C)[nH]2)C1. The van der Waals surface area contributed by atoms with Crippen molar-refractivity contribution in [3.63, 3.8) is 0 Å². The van der Waals surface area contributed by atoms with E-state index in [2.05, 4.69) is 15.3 Å². The molecule has 2 heterocycles. The largest absolute Gasteiger partial charge is 0.367 e. The van der Waals surface area contributed by atoms with Crippen LogP contribution in [0.1, 0.15) is 24.5 Å². The van der Waals surface area contributed by atoms with Crippen LogP contribution in [0.3, 0.4) is 0 Å². The van der Waals surface area contributed by atoms with Crippen molar-refractivity contribution in [1.29, 1.82) is 0 Å². The van der Waals surface area contributed by atoms with Gasteiger partial charge in [0.05, 0.1) is 19.7 Å². The highest BCUT2D eigenvalue weighted by Crippen LogP contribution is 2.20. The summed E-state index contributed by atoms with van der Waals surface area (Å²) in [5.74, 6) is 0.412. The summed E-state index contributed by atoms with van der Waals surface area (Å²) in [6, 6.07) is 0. The normalized spacial score (nSPS) is 18.5. The number of imidazole rings is 1. The molecule has 0 aliphatic carbocycles. The Balaban J connectivity index is 1.93. The number of carbonyl (C=O) groups is 2. The van der Waals surface area contributed by atoms with Crippen LogP contribution in [-0.4, -0.2) is 71.9 Å². The maximum absolute atomic E-state index is 12.0. The predicted octanol–water partition coefficient (Wildman–Crippen LogP) is -0.493. The number of nitrogens with zero attached hydrogens (tertiary/aromatic N) is 3. The van der Waals surface area contributed by atoms with Gasteiger partial charge in [-0.25, -0.2) is 4.98 Å². The third kappa shape index (κ3) is 4.54. The lowest BCUT2D eigenvalue weighted by Crippen LogP contribution is -2.46. The molecule has 1 aromatic rings. The monoisotopic (exact) mass is 309 g/mol. The molecule has 2 amide bonds. The Morgan fingerprint density at radius 2 is 2.32 bits per heavy atom. The lowest BCUT2D eigenvalue weighted by Gasteiger charge is -2.32. The number of morpholine rings is 1. The fraction of sp³-hybridized carbons (Fsp3) is 0.643. The van der Waals surface area contributed by atoms with E-state index in [1.54, 1.807) is 11.1 Å². The van der Waals surface area contributed by atoms with Crippen LogP contribution in [0.4, 0.5) is 0 Å². The third-order valence-corrected chi connectivity index (χ3v) is 3.35. The molecule has 1 fully saturated rings. The lowest BCUT2D eigenvalue weighted by molar-refractivity contribution is -0.139. The second-order valence-corrected chi connectivity index (χ2v) is 5.64. The van der Waals surface area contributed by atoms with Crippen molar-refractivity contribution in [2.45, 2.75) is 19.6 Å². The lowest BCUT2D eigenvalue weighted by atomic mass is 10.2. The van der Waals surface area contributed by atoms with Crippen LogP contribution >= 0.6 is 0 Å². The quantitative estimate of drug-likeness (QED) is 0.766. The molecule has 0 radical (unpaired) electrons. The Morgan fingerprint density at radius 3 is 3.00 bits per heavy atom. The zero-order valence-corrected chi connectivity index (χ0v) is 13.3. The molecule has 0 saturated carbocycles. The van der Waals surface area contributed by atoms with Crippen molar-refractivity contribution >= 4 is 11.8 Å². The summed E-state index contributed by atoms with van der Waals surface area (Å²) >= 11 is 0. The van der Waals surface area contributed by atoms with E-state index in [1.807, 2.05) is 19.0 Å². The van der Waals surface area contributed by atoms with Crippen molar-refractivity contribution in [2.24, 2.45) is 0 Å². The minimum Gasteiger partial charge on any atom is -0.367 e. The third-order valence-electron chi connectivity index (χ3n) is 3.35. The molecule has 1 aromatic heterocycles. The Kier molecular flexibility index (Phi) is 5.51. The number of nitrogens with one attached hydrogen (secondary N) is 2. The second-order valence-electron chi connectivity index (χ2n) is 5.64. The number of aromatic amines is 1. The van der Waals surface area contributed by atoms with Gasteiger partial charge in [-0.3, -0.25) is 9.59 Å². The fourth-order valence-electron chi connectivity index (χ4n) is 2.31. The number of hydrogen-bond donors (Lipinski definition) is 2. The summed E-state index contributed by atoms with van der Waals surface area (Å²) in [7, 11) is 3.97. The molecule has 1 atom stereocenters. The average Bonchev–Trinajstić information content (AvgIpc) is 2.92. The number of H-pyrrole nitrogens is 1. The molecule has 0 aromatic carbocycles. The molecule has 22 heavy (non-hydrogen) atoms. The van der Waals surface area contributed by atoms with Crippen LogP contribution in [0.15, 0.2) is 6.20 Å². The highest BCUT2D eigenvalue weighted by molar-refractivity contribution is 5.83. The first kappa shape index (κ1) is 16.4. The van der Waals surface area contributed by atoms with E-state index >= 15 is 0 Å². The van der Waals surface area contributed by atoms with Crippen molar-refractivity contribution in [1.82, 2.24) is 25.1 Å². The molecule has 1 aliphatic heterocycles. The molecule has 0 spiro atoms. The smallest absolute Gasteiger partial charge is 0.242 e. The topological polar surface area (TPSA) is 90.6 Å². The van der Waals surface area contributed by atoms with Crippen LogP contribution in [0.2, 0.25) is 0 Å². The molecule has 1 saturated heterocycles. The fourth-order valence-corrected chi connectivity index (χ4v) is 2.31. The van der Waals surface area contributed by atoms with Gasteiger partial charge in [0, 0.05) is 31.9 Å². The predicted molar refractivity (Wildman–Crippen MR) is 79.9 cm³/mol. The molecule has 2 rings (SSSR count). The van der Waals surface area contributed by atoms with Crippen LogP contribution in [0.25, 0.3) is 0 Å². The number of amides is 2. The summed E-state index contributed by atoms with van der Waals surface area (Å²) in [5.41, 5.74) is 1.00. The number of ether oxygens (including phenoxy) is 1. The van der Waals surface area contributed by atoms with Crippen LogP contribution in [-0.2, 0) is 20.9 Å². The molecule has 0 bridgehead atoms. The molecule has 0 unspecified atom stereocenters. The van der Waals surface area contributed by atoms with Gasteiger partial charge >= 0.3 is 0 Å². The molecular weight excluding hydrogens is 286 g/mol. The van der Waals surface area contributed by atoms with Gasteiger partial charge in [0.1, 0.15) is 11.9 Å². The van der Waals surface area contributed by atoms with E-state index in [0.29, 0.717) is 19.7 Å². The minimum atomic E-state index is -0.258. The Bertz CT molecular complexity index is 528. The average molecular weight is 309 g/mol. The zero-order valence-electron chi connectivity index (χ0n) is 13.3. The Labute approximate surface area is 129 Å². The van der Waals surface area contributed by atoms with Crippen LogP contribution < -0.4 is 5.32 Å². The molecule has 2 N–H and O–H groups in total. The van der Waals surface area contributed by atoms with E-state index in [9.17, 15) is 9.59 Å². The summed E-state index contributed by atoms with van der Waals surface area (Å²) < 4.78 is 5.70. The highest BCUT2D eigenvalue weighted by atomic mass is 16.5. The highest BCUT2D eigenvalue weighted by Gasteiger charge is 2.27. The van der Waals surface area contributed by atoms with Gasteiger partial charge in [-0.05, 0) is 14.1 Å². The second kappa shape index (κ2) is 7.37. The van der Waals surface area contributed by atoms with Gasteiger partial charge in [0.2, 0.25) is 11.8 Å². The zero-order chi connectivity index (χ0) is 16.1. The minimum absolute atomic E-state index is 0.0199. The number of aromatic nitrogens is 2. The van der Waals surface area contributed by atoms with Crippen LogP contribution in [0, 0.1) is 0 Å². The first-order valence-corrected chi connectivity index (χ1v) is 7.28. The van der Waals surface area contributed by atoms with Crippen molar-refractivity contribution in [3.8, 4) is 0 Å². The molecule has 8 nitrogen and oxygen atoms in total. The summed E-state index contributed by atoms with van der Waals surface area (Å²) in [5, 5.41) is 2.52. The molecule has 8 heteroatoms. The summed E-state index contributed by atoms with van der Waals surface area (Å²) in [6.07, 6.45) is 1.53. The van der Waals surface area contributed by atoms with Gasteiger partial charge in [-0.1, -0.05) is 0 Å².